The van der Waals surface area contributed by atoms with E-state index in [9.17, 15) is 4.79 Å². The maximum Gasteiger partial charge on any atom is 0.274 e. The number of aromatic amines is 1. The van der Waals surface area contributed by atoms with Crippen LogP contribution in [0.5, 0.6) is 5.75 Å². The first-order valence-electron chi connectivity index (χ1n) is 7.09. The average molecular weight is 326 g/mol. The van der Waals surface area contributed by atoms with Crippen LogP contribution in [0.4, 0.5) is 5.69 Å². The van der Waals surface area contributed by atoms with Crippen LogP contribution < -0.4 is 10.1 Å². The van der Waals surface area contributed by atoms with E-state index in [0.717, 1.165) is 22.6 Å². The van der Waals surface area contributed by atoms with Crippen molar-refractivity contribution in [1.29, 1.82) is 0 Å². The van der Waals surface area contributed by atoms with Gasteiger partial charge in [-0.3, -0.25) is 9.89 Å². The summed E-state index contributed by atoms with van der Waals surface area (Å²) in [5.74, 6) is 0.497. The van der Waals surface area contributed by atoms with Crippen LogP contribution in [0.15, 0.2) is 48.5 Å². The van der Waals surface area contributed by atoms with Crippen molar-refractivity contribution in [3.8, 4) is 17.0 Å². The molecule has 5 nitrogen and oxygen atoms in total. The maximum atomic E-state index is 12.5. The second kappa shape index (κ2) is 5.44. The number of amides is 1. The van der Waals surface area contributed by atoms with E-state index < -0.39 is 0 Å². The number of rotatable bonds is 2. The minimum Gasteiger partial charge on any atom is -0.488 e. The number of nitrogens with one attached hydrogen (secondary N) is 2. The number of H-pyrrole nitrogens is 1. The molecule has 0 saturated heterocycles. The van der Waals surface area contributed by atoms with Crippen LogP contribution in [0.3, 0.4) is 0 Å². The Hall–Kier alpha value is -2.79. The van der Waals surface area contributed by atoms with E-state index in [-0.39, 0.29) is 5.91 Å². The van der Waals surface area contributed by atoms with Crippen molar-refractivity contribution in [3.05, 3.63) is 64.8 Å². The average Bonchev–Trinajstić information content (AvgIpc) is 2.99. The summed E-state index contributed by atoms with van der Waals surface area (Å²) in [6, 6.07) is 14.6. The standard InChI is InChI=1S/C17H12ClN3O2/c18-10-4-3-5-11(8-10)19-17(22)16-13-9-23-14-7-2-1-6-12(14)15(13)20-21-16/h1-8H,9H2,(H,19,22)(H,20,21). The molecule has 0 fully saturated rings. The molecule has 1 aliphatic heterocycles. The molecule has 0 spiro atoms. The van der Waals surface area contributed by atoms with Gasteiger partial charge in [-0.05, 0) is 30.3 Å². The first-order valence-corrected chi connectivity index (χ1v) is 7.46. The fraction of sp³-hybridized carbons (Fsp3) is 0.0588. The summed E-state index contributed by atoms with van der Waals surface area (Å²) in [6.45, 7) is 0.307. The number of ether oxygens (including phenoxy) is 1. The van der Waals surface area contributed by atoms with Crippen LogP contribution in [0.25, 0.3) is 11.3 Å². The highest BCUT2D eigenvalue weighted by atomic mass is 35.5. The van der Waals surface area contributed by atoms with Gasteiger partial charge in [-0.1, -0.05) is 29.8 Å². The van der Waals surface area contributed by atoms with E-state index in [1.165, 1.54) is 0 Å². The van der Waals surface area contributed by atoms with E-state index in [1.54, 1.807) is 24.3 Å². The highest BCUT2D eigenvalue weighted by Gasteiger charge is 2.26. The number of para-hydroxylation sites is 1. The van der Waals surface area contributed by atoms with Crippen LogP contribution in [0.1, 0.15) is 16.1 Å². The van der Waals surface area contributed by atoms with Gasteiger partial charge in [-0.15, -0.1) is 0 Å². The molecule has 3 aromatic rings. The Labute approximate surface area is 137 Å². The van der Waals surface area contributed by atoms with Gasteiger partial charge >= 0.3 is 0 Å². The molecule has 0 saturated carbocycles. The van der Waals surface area contributed by atoms with E-state index in [1.807, 2.05) is 24.3 Å². The Balaban J connectivity index is 1.67. The van der Waals surface area contributed by atoms with Crippen LogP contribution in [-0.2, 0) is 6.61 Å². The van der Waals surface area contributed by atoms with Gasteiger partial charge in [0, 0.05) is 21.8 Å². The molecular formula is C17H12ClN3O2. The molecule has 1 aliphatic rings. The zero-order valence-corrected chi connectivity index (χ0v) is 12.7. The van der Waals surface area contributed by atoms with E-state index in [4.69, 9.17) is 16.3 Å². The van der Waals surface area contributed by atoms with Crippen molar-refractivity contribution in [2.45, 2.75) is 6.61 Å². The van der Waals surface area contributed by atoms with Gasteiger partial charge in [0.05, 0.1) is 0 Å². The molecule has 6 heteroatoms. The van der Waals surface area contributed by atoms with Crippen LogP contribution in [0, 0.1) is 0 Å². The topological polar surface area (TPSA) is 67.0 Å². The summed E-state index contributed by atoms with van der Waals surface area (Å²) in [5, 5.41) is 10.5. The van der Waals surface area contributed by atoms with Gasteiger partial charge < -0.3 is 10.1 Å². The summed E-state index contributed by atoms with van der Waals surface area (Å²) < 4.78 is 5.71. The summed E-state index contributed by atoms with van der Waals surface area (Å²) in [5.41, 5.74) is 3.41. The van der Waals surface area contributed by atoms with Gasteiger partial charge in [0.15, 0.2) is 0 Å². The number of aromatic nitrogens is 2. The van der Waals surface area contributed by atoms with Gasteiger partial charge in [0.1, 0.15) is 23.7 Å². The lowest BCUT2D eigenvalue weighted by molar-refractivity contribution is 0.102. The molecule has 1 amide bonds. The molecular weight excluding hydrogens is 314 g/mol. The highest BCUT2D eigenvalue weighted by molar-refractivity contribution is 6.31. The predicted molar refractivity (Wildman–Crippen MR) is 87.8 cm³/mol. The molecule has 0 bridgehead atoms. The fourth-order valence-electron chi connectivity index (χ4n) is 2.61. The largest absolute Gasteiger partial charge is 0.488 e. The molecule has 0 unspecified atom stereocenters. The van der Waals surface area contributed by atoms with Crippen molar-refractivity contribution in [1.82, 2.24) is 10.2 Å². The van der Waals surface area contributed by atoms with E-state index in [0.29, 0.717) is 23.0 Å². The van der Waals surface area contributed by atoms with Gasteiger partial charge in [0.2, 0.25) is 0 Å². The monoisotopic (exact) mass is 325 g/mol. The number of anilines is 1. The second-order valence-electron chi connectivity index (χ2n) is 5.18. The Kier molecular flexibility index (Phi) is 3.28. The van der Waals surface area contributed by atoms with Crippen molar-refractivity contribution in [2.24, 2.45) is 0 Å². The molecule has 23 heavy (non-hydrogen) atoms. The molecule has 4 rings (SSSR count). The quantitative estimate of drug-likeness (QED) is 0.751. The smallest absolute Gasteiger partial charge is 0.274 e. The number of halogens is 1. The first-order chi connectivity index (χ1) is 11.2. The summed E-state index contributed by atoms with van der Waals surface area (Å²) >= 11 is 5.93. The van der Waals surface area contributed by atoms with Gasteiger partial charge in [-0.25, -0.2) is 0 Å². The van der Waals surface area contributed by atoms with Crippen molar-refractivity contribution < 1.29 is 9.53 Å². The fourth-order valence-corrected chi connectivity index (χ4v) is 2.80. The zero-order valence-electron chi connectivity index (χ0n) is 12.0. The number of nitrogens with zero attached hydrogens (tertiary/aromatic N) is 1. The number of hydrogen-bond acceptors (Lipinski definition) is 3. The number of carbonyl (C=O) groups excluding carboxylic acids is 1. The molecule has 1 aromatic heterocycles. The normalized spacial score (nSPS) is 12.0. The lowest BCUT2D eigenvalue weighted by atomic mass is 10.0. The van der Waals surface area contributed by atoms with Crippen molar-refractivity contribution in [2.75, 3.05) is 5.32 Å². The molecule has 0 atom stereocenters. The van der Waals surface area contributed by atoms with Gasteiger partial charge in [-0.2, -0.15) is 5.10 Å². The zero-order chi connectivity index (χ0) is 15.8. The first kappa shape index (κ1) is 13.8. The van der Waals surface area contributed by atoms with Gasteiger partial charge in [0.25, 0.3) is 5.91 Å². The van der Waals surface area contributed by atoms with Crippen molar-refractivity contribution >= 4 is 23.2 Å². The third kappa shape index (κ3) is 2.45. The SMILES string of the molecule is O=C(Nc1cccc(Cl)c1)c1[nH]nc2c1COc1ccccc1-2. The molecule has 0 radical (unpaired) electrons. The summed E-state index contributed by atoms with van der Waals surface area (Å²) in [4.78, 5) is 12.5. The minimum absolute atomic E-state index is 0.274. The lowest BCUT2D eigenvalue weighted by Crippen LogP contribution is -2.16. The number of fused-ring (bicyclic) bond motifs is 3. The molecule has 0 aliphatic carbocycles. The highest BCUT2D eigenvalue weighted by Crippen LogP contribution is 2.37. The van der Waals surface area contributed by atoms with E-state index in [2.05, 4.69) is 15.5 Å². The van der Waals surface area contributed by atoms with Crippen LogP contribution in [-0.4, -0.2) is 16.1 Å². The second-order valence-corrected chi connectivity index (χ2v) is 5.61. The summed E-state index contributed by atoms with van der Waals surface area (Å²) in [6.07, 6.45) is 0. The minimum atomic E-state index is -0.274. The molecule has 114 valence electrons. The van der Waals surface area contributed by atoms with E-state index >= 15 is 0 Å². The Morgan fingerprint density at radius 1 is 1.22 bits per heavy atom. The molecule has 2 heterocycles. The Morgan fingerprint density at radius 2 is 2.09 bits per heavy atom. The van der Waals surface area contributed by atoms with Crippen LogP contribution in [0.2, 0.25) is 5.02 Å². The van der Waals surface area contributed by atoms with Crippen molar-refractivity contribution in [3.63, 3.8) is 0 Å². The maximum absolute atomic E-state index is 12.5. The van der Waals surface area contributed by atoms with Crippen LogP contribution >= 0.6 is 11.6 Å². The Bertz CT molecular complexity index is 904. The molecule has 2 aromatic carbocycles. The Morgan fingerprint density at radius 3 is 2.96 bits per heavy atom. The molecule has 2 N–H and O–H groups in total. The lowest BCUT2D eigenvalue weighted by Gasteiger charge is -2.17. The number of benzene rings is 2. The number of carbonyl (C=O) groups is 1. The summed E-state index contributed by atoms with van der Waals surface area (Å²) in [7, 11) is 0. The number of hydrogen-bond donors (Lipinski definition) is 2. The third-order valence-electron chi connectivity index (χ3n) is 3.69. The third-order valence-corrected chi connectivity index (χ3v) is 3.93. The predicted octanol–water partition coefficient (Wildman–Crippen LogP) is 3.87.